The van der Waals surface area contributed by atoms with Crippen LogP contribution >= 0.6 is 0 Å². The summed E-state index contributed by atoms with van der Waals surface area (Å²) in [5, 5.41) is 2.42. The first-order valence-electron chi connectivity index (χ1n) is 22.4. The van der Waals surface area contributed by atoms with E-state index in [1.807, 2.05) is 24.3 Å². The van der Waals surface area contributed by atoms with Gasteiger partial charge in [-0.25, -0.2) is 9.97 Å². The summed E-state index contributed by atoms with van der Waals surface area (Å²) in [6.45, 7) is 0. The monoisotopic (exact) mass is 859 g/mol. The average Bonchev–Trinajstić information content (AvgIpc) is 4.24. The molecule has 0 aliphatic carbocycles. The van der Waals surface area contributed by atoms with Gasteiger partial charge in [-0.05, 0) is 131 Å². The molecule has 0 spiro atoms. The normalized spacial score (nSPS) is 12.5. The third-order valence-corrected chi connectivity index (χ3v) is 13.9. The van der Waals surface area contributed by atoms with Gasteiger partial charge in [0.2, 0.25) is 11.6 Å². The van der Waals surface area contributed by atoms with Crippen LogP contribution < -0.4 is 0 Å². The lowest BCUT2D eigenvalue weighted by Crippen LogP contribution is -1.96. The Morgan fingerprint density at radius 3 is 1.90 bits per heavy atom. The molecule has 16 rings (SSSR count). The molecule has 7 heterocycles. The zero-order valence-electron chi connectivity index (χ0n) is 35.5. The first kappa shape index (κ1) is 35.0. The van der Waals surface area contributed by atoms with Crippen molar-refractivity contribution in [2.45, 2.75) is 0 Å². The first-order chi connectivity index (χ1) is 33.2. The molecule has 0 radical (unpaired) electrons. The van der Waals surface area contributed by atoms with E-state index >= 15 is 0 Å². The number of para-hydroxylation sites is 7. The van der Waals surface area contributed by atoms with Crippen LogP contribution in [-0.2, 0) is 0 Å². The molecule has 0 amide bonds. The number of benzene rings is 9. The van der Waals surface area contributed by atoms with Crippen molar-refractivity contribution in [1.82, 2.24) is 42.3 Å². The highest BCUT2D eigenvalue weighted by molar-refractivity contribution is 6.11. The van der Waals surface area contributed by atoms with E-state index in [-0.39, 0.29) is 0 Å². The minimum absolute atomic E-state index is 0.580. The molecule has 16 aromatic rings. The molecule has 67 heavy (non-hydrogen) atoms. The van der Waals surface area contributed by atoms with Crippen molar-refractivity contribution >= 4 is 105 Å². The number of H-pyrrole nitrogens is 1. The van der Waals surface area contributed by atoms with Crippen molar-refractivity contribution in [1.29, 1.82) is 0 Å². The second kappa shape index (κ2) is 12.6. The highest BCUT2D eigenvalue weighted by Crippen LogP contribution is 2.39. The Balaban J connectivity index is 0.842. The van der Waals surface area contributed by atoms with Crippen molar-refractivity contribution in [2.75, 3.05) is 0 Å². The van der Waals surface area contributed by atoms with E-state index in [0.717, 1.165) is 122 Å². The smallest absolute Gasteiger partial charge is 0.307 e. The summed E-state index contributed by atoms with van der Waals surface area (Å²) in [6.07, 6.45) is 0. The van der Waals surface area contributed by atoms with Crippen LogP contribution in [-0.4, -0.2) is 42.3 Å². The number of hydrogen-bond donors (Lipinski definition) is 1. The van der Waals surface area contributed by atoms with Gasteiger partial charge in [-0.15, -0.1) is 0 Å². The number of oxazole rings is 1. The molecule has 0 bridgehead atoms. The lowest BCUT2D eigenvalue weighted by atomic mass is 10.0. The molecule has 0 aliphatic rings. The number of imidazole rings is 5. The summed E-state index contributed by atoms with van der Waals surface area (Å²) in [7, 11) is 0. The molecule has 1 N–H and O–H groups in total. The third kappa shape index (κ3) is 4.74. The molecule has 0 saturated heterocycles. The van der Waals surface area contributed by atoms with Gasteiger partial charge in [0.05, 0.1) is 77.4 Å². The Bertz CT molecular complexity index is 4780. The number of nitrogens with zero attached hydrogens (tertiary/aromatic N) is 8. The molecule has 0 fully saturated rings. The van der Waals surface area contributed by atoms with Gasteiger partial charge in [-0.2, -0.15) is 4.98 Å². The largest absolute Gasteiger partial charge is 0.423 e. The van der Waals surface area contributed by atoms with Crippen molar-refractivity contribution < 1.29 is 4.42 Å². The van der Waals surface area contributed by atoms with Crippen LogP contribution in [0.3, 0.4) is 0 Å². The maximum atomic E-state index is 6.15. The standard InChI is InChI=1S/C57H33N9O/c1-4-15-45-39(12-1)40-29-34(35-20-24-43-51(30-35)64-47-16-5-2-13-41(47)58-55(64)59-43)21-26-46(40)62(45)37-11-9-10-33(28-37)36-22-27-49-53(31-36)65-48-17-6-3-14-42(48)60-56(65)63(49)38-23-25-44-52(32-38)66-50-18-7-8-19-54(50)67-57(66)61-44/h1-32H,(H,58,59). The summed E-state index contributed by atoms with van der Waals surface area (Å²) in [4.78, 5) is 18.4. The minimum atomic E-state index is 0.580. The average molecular weight is 860 g/mol. The predicted octanol–water partition coefficient (Wildman–Crippen LogP) is 13.7. The van der Waals surface area contributed by atoms with Crippen LogP contribution in [0.25, 0.3) is 139 Å². The lowest BCUT2D eigenvalue weighted by Gasteiger charge is -2.11. The van der Waals surface area contributed by atoms with Crippen LogP contribution in [0.2, 0.25) is 0 Å². The highest BCUT2D eigenvalue weighted by Gasteiger charge is 2.21. The number of aromatic nitrogens is 9. The summed E-state index contributed by atoms with van der Waals surface area (Å²) in [5.41, 5.74) is 21.0. The van der Waals surface area contributed by atoms with Gasteiger partial charge in [-0.3, -0.25) is 17.8 Å². The van der Waals surface area contributed by atoms with Gasteiger partial charge < -0.3 is 14.0 Å². The Labute approximate surface area is 378 Å². The molecule has 7 aromatic heterocycles. The van der Waals surface area contributed by atoms with Gasteiger partial charge in [-0.1, -0.05) is 84.9 Å². The van der Waals surface area contributed by atoms with E-state index in [9.17, 15) is 0 Å². The van der Waals surface area contributed by atoms with Crippen LogP contribution in [0.5, 0.6) is 0 Å². The van der Waals surface area contributed by atoms with E-state index in [1.165, 1.54) is 10.8 Å². The van der Waals surface area contributed by atoms with Crippen molar-refractivity contribution in [3.05, 3.63) is 194 Å². The maximum absolute atomic E-state index is 6.15. The number of hydrogen-bond acceptors (Lipinski definition) is 4. The molecule has 10 heteroatoms. The van der Waals surface area contributed by atoms with Gasteiger partial charge in [0.15, 0.2) is 5.58 Å². The van der Waals surface area contributed by atoms with E-state index in [2.05, 4.69) is 197 Å². The number of aromatic amines is 1. The van der Waals surface area contributed by atoms with E-state index in [4.69, 9.17) is 19.4 Å². The molecule has 0 unspecified atom stereocenters. The second-order valence-corrected chi connectivity index (χ2v) is 17.5. The fourth-order valence-corrected chi connectivity index (χ4v) is 10.9. The summed E-state index contributed by atoms with van der Waals surface area (Å²) in [6, 6.07) is 69.1. The van der Waals surface area contributed by atoms with E-state index < -0.39 is 0 Å². The molecule has 9 aromatic carbocycles. The first-order valence-corrected chi connectivity index (χ1v) is 22.4. The molecule has 0 atom stereocenters. The topological polar surface area (TPSA) is 90.7 Å². The molecule has 10 nitrogen and oxygen atoms in total. The van der Waals surface area contributed by atoms with Crippen molar-refractivity contribution in [3.63, 3.8) is 0 Å². The molecule has 0 saturated carbocycles. The van der Waals surface area contributed by atoms with Crippen LogP contribution in [0.1, 0.15) is 0 Å². The van der Waals surface area contributed by atoms with Gasteiger partial charge in [0.1, 0.15) is 0 Å². The molecular weight excluding hydrogens is 827 g/mol. The number of fused-ring (bicyclic) bond motifs is 18. The van der Waals surface area contributed by atoms with Gasteiger partial charge >= 0.3 is 5.84 Å². The Morgan fingerprint density at radius 1 is 0.358 bits per heavy atom. The maximum Gasteiger partial charge on any atom is 0.307 e. The Hall–Kier alpha value is -9.41. The molecule has 312 valence electrons. The fourth-order valence-electron chi connectivity index (χ4n) is 10.9. The third-order valence-electron chi connectivity index (χ3n) is 13.9. The van der Waals surface area contributed by atoms with Gasteiger partial charge in [0.25, 0.3) is 0 Å². The SMILES string of the molecule is c1cc(-c2ccc3c(c2)n2c4ccccc4nc2n3-c2ccc3nc4oc5ccccc5n4c3c2)cc(-n2c3ccccc3c3cc(-c4ccc5[nH]c6nc7ccccc7n6c5c4)ccc32)c1. The minimum Gasteiger partial charge on any atom is -0.423 e. The van der Waals surface area contributed by atoms with E-state index in [0.29, 0.717) is 5.84 Å². The van der Waals surface area contributed by atoms with Crippen molar-refractivity contribution in [3.8, 4) is 33.6 Å². The second-order valence-electron chi connectivity index (χ2n) is 17.5. The number of rotatable bonds is 4. The van der Waals surface area contributed by atoms with Crippen molar-refractivity contribution in [2.24, 2.45) is 0 Å². The lowest BCUT2D eigenvalue weighted by molar-refractivity contribution is 0.643. The fraction of sp³-hybridized carbons (Fsp3) is 0. The van der Waals surface area contributed by atoms with E-state index in [1.54, 1.807) is 0 Å². The summed E-state index contributed by atoms with van der Waals surface area (Å²) < 4.78 is 17.4. The zero-order chi connectivity index (χ0) is 43.5. The van der Waals surface area contributed by atoms with Crippen LogP contribution in [0, 0.1) is 0 Å². The van der Waals surface area contributed by atoms with Gasteiger partial charge in [0, 0.05) is 16.5 Å². The Morgan fingerprint density at radius 2 is 1.01 bits per heavy atom. The Kier molecular flexibility index (Phi) is 6.61. The summed E-state index contributed by atoms with van der Waals surface area (Å²) in [5.74, 6) is 2.28. The number of nitrogens with one attached hydrogen (secondary N) is 1. The molecule has 0 aliphatic heterocycles. The van der Waals surface area contributed by atoms with Crippen LogP contribution in [0.4, 0.5) is 0 Å². The quantitative estimate of drug-likeness (QED) is 0.191. The summed E-state index contributed by atoms with van der Waals surface area (Å²) >= 11 is 0. The molecular formula is C57H33N9O. The highest BCUT2D eigenvalue weighted by atomic mass is 16.4. The van der Waals surface area contributed by atoms with Crippen LogP contribution in [0.15, 0.2) is 199 Å². The predicted molar refractivity (Wildman–Crippen MR) is 269 cm³/mol. The zero-order valence-corrected chi connectivity index (χ0v) is 35.5.